The molecule has 2 bridgehead atoms. The summed E-state index contributed by atoms with van der Waals surface area (Å²) in [5, 5.41) is 38.2. The van der Waals surface area contributed by atoms with E-state index in [0.717, 1.165) is 11.1 Å². The summed E-state index contributed by atoms with van der Waals surface area (Å²) in [7, 11) is 0. The molecule has 0 amide bonds. The number of benzene rings is 1. The van der Waals surface area contributed by atoms with Crippen LogP contribution in [0.15, 0.2) is 18.2 Å². The first kappa shape index (κ1) is 17.0. The van der Waals surface area contributed by atoms with E-state index in [1.807, 2.05) is 44.2 Å². The number of aryl methyl sites for hydroxylation is 2. The minimum absolute atomic E-state index is 0.375. The molecule has 1 N–H and O–H groups in total. The molecule has 4 atom stereocenters. The molecule has 2 fully saturated rings. The molecule has 2 heterocycles. The molecule has 2 aliphatic rings. The molecule has 2 aliphatic heterocycles. The summed E-state index contributed by atoms with van der Waals surface area (Å²) in [6.07, 6.45) is -0.994. The SMILES string of the molecule is Cc1ccc(C2OC3(C)OC(=N)C(C#N)(C3C)C2(C#N)C#N)c(C)c1. The van der Waals surface area contributed by atoms with Gasteiger partial charge in [-0.25, -0.2) is 0 Å². The van der Waals surface area contributed by atoms with Crippen molar-refractivity contribution in [2.75, 3.05) is 0 Å². The van der Waals surface area contributed by atoms with E-state index in [-0.39, 0.29) is 5.90 Å². The lowest BCUT2D eigenvalue weighted by Crippen LogP contribution is -2.57. The summed E-state index contributed by atoms with van der Waals surface area (Å²) in [4.78, 5) is 0. The van der Waals surface area contributed by atoms with Gasteiger partial charge in [0.2, 0.25) is 17.1 Å². The van der Waals surface area contributed by atoms with Crippen molar-refractivity contribution in [3.8, 4) is 18.2 Å². The van der Waals surface area contributed by atoms with E-state index in [2.05, 4.69) is 6.07 Å². The van der Waals surface area contributed by atoms with Crippen LogP contribution in [0.4, 0.5) is 0 Å². The van der Waals surface area contributed by atoms with Gasteiger partial charge < -0.3 is 9.47 Å². The van der Waals surface area contributed by atoms with Crippen molar-refractivity contribution in [3.05, 3.63) is 34.9 Å². The van der Waals surface area contributed by atoms with Crippen molar-refractivity contribution in [1.29, 1.82) is 21.2 Å². The van der Waals surface area contributed by atoms with Crippen molar-refractivity contribution >= 4 is 5.90 Å². The predicted octanol–water partition coefficient (Wildman–Crippen LogP) is 3.28. The van der Waals surface area contributed by atoms with Crippen molar-refractivity contribution in [3.63, 3.8) is 0 Å². The van der Waals surface area contributed by atoms with Gasteiger partial charge in [0.05, 0.1) is 24.1 Å². The highest BCUT2D eigenvalue weighted by molar-refractivity contribution is 5.89. The average molecular weight is 334 g/mol. The molecule has 0 aliphatic carbocycles. The Morgan fingerprint density at radius 3 is 2.28 bits per heavy atom. The Morgan fingerprint density at radius 2 is 1.76 bits per heavy atom. The number of rotatable bonds is 1. The number of nitriles is 3. The molecular weight excluding hydrogens is 316 g/mol. The second-order valence-electron chi connectivity index (χ2n) is 6.98. The quantitative estimate of drug-likeness (QED) is 0.846. The first-order valence-corrected chi connectivity index (χ1v) is 7.99. The van der Waals surface area contributed by atoms with Crippen LogP contribution in [-0.4, -0.2) is 11.7 Å². The third-order valence-electron chi connectivity index (χ3n) is 5.70. The molecule has 0 spiro atoms. The van der Waals surface area contributed by atoms with Gasteiger partial charge in [0.15, 0.2) is 5.41 Å². The minimum atomic E-state index is -1.88. The fourth-order valence-electron chi connectivity index (χ4n) is 4.11. The van der Waals surface area contributed by atoms with Gasteiger partial charge in [0.25, 0.3) is 0 Å². The molecule has 2 saturated heterocycles. The zero-order chi connectivity index (χ0) is 18.6. The molecule has 3 rings (SSSR count). The Balaban J connectivity index is 2.35. The average Bonchev–Trinajstić information content (AvgIpc) is 2.71. The zero-order valence-electron chi connectivity index (χ0n) is 14.5. The van der Waals surface area contributed by atoms with Crippen LogP contribution in [0.1, 0.15) is 36.6 Å². The minimum Gasteiger partial charge on any atom is -0.448 e. The fraction of sp³-hybridized carbons (Fsp3) is 0.474. The summed E-state index contributed by atoms with van der Waals surface area (Å²) >= 11 is 0. The fourth-order valence-corrected chi connectivity index (χ4v) is 4.11. The topological polar surface area (TPSA) is 114 Å². The molecule has 25 heavy (non-hydrogen) atoms. The Labute approximate surface area is 146 Å². The highest BCUT2D eigenvalue weighted by Gasteiger charge is 2.78. The maximum absolute atomic E-state index is 10.00. The summed E-state index contributed by atoms with van der Waals surface area (Å²) in [6, 6.07) is 11.8. The molecule has 126 valence electrons. The third kappa shape index (κ3) is 1.77. The molecule has 4 unspecified atom stereocenters. The molecular formula is C19H18N4O2. The van der Waals surface area contributed by atoms with Gasteiger partial charge in [-0.2, -0.15) is 15.8 Å². The van der Waals surface area contributed by atoms with E-state index >= 15 is 0 Å². The van der Waals surface area contributed by atoms with E-state index < -0.39 is 28.6 Å². The van der Waals surface area contributed by atoms with Crippen LogP contribution in [-0.2, 0) is 9.47 Å². The van der Waals surface area contributed by atoms with Crippen LogP contribution in [0.2, 0.25) is 0 Å². The molecule has 0 aromatic heterocycles. The lowest BCUT2D eigenvalue weighted by molar-refractivity contribution is -0.269. The number of nitrogens with one attached hydrogen (secondary N) is 1. The largest absolute Gasteiger partial charge is 0.448 e. The van der Waals surface area contributed by atoms with Gasteiger partial charge in [-0.05, 0) is 25.0 Å². The molecule has 6 nitrogen and oxygen atoms in total. The van der Waals surface area contributed by atoms with Crippen LogP contribution in [0.3, 0.4) is 0 Å². The van der Waals surface area contributed by atoms with Crippen LogP contribution in [0.25, 0.3) is 0 Å². The van der Waals surface area contributed by atoms with Crippen LogP contribution in [0.5, 0.6) is 0 Å². The van der Waals surface area contributed by atoms with Gasteiger partial charge in [0.1, 0.15) is 6.10 Å². The Hall–Kier alpha value is -2.88. The maximum atomic E-state index is 10.00. The summed E-state index contributed by atoms with van der Waals surface area (Å²) in [6.45, 7) is 7.16. The summed E-state index contributed by atoms with van der Waals surface area (Å²) < 4.78 is 11.7. The highest BCUT2D eigenvalue weighted by Crippen LogP contribution is 2.66. The maximum Gasteiger partial charge on any atom is 0.214 e. The standard InChI is InChI=1S/C19H18N4O2/c1-11-5-6-14(12(2)7-11)15-18(8-20,9-21)19(10-22)13(3)17(4,24-15)25-16(19)23/h5-7,13,15,23H,1-4H3. The molecule has 1 aromatic carbocycles. The van der Waals surface area contributed by atoms with Crippen LogP contribution < -0.4 is 0 Å². The smallest absolute Gasteiger partial charge is 0.214 e. The van der Waals surface area contributed by atoms with E-state index in [0.29, 0.717) is 5.56 Å². The number of fused-ring (bicyclic) bond motifs is 2. The number of nitrogens with zero attached hydrogens (tertiary/aromatic N) is 3. The Kier molecular flexibility index (Phi) is 3.43. The monoisotopic (exact) mass is 334 g/mol. The lowest BCUT2D eigenvalue weighted by Gasteiger charge is -2.47. The first-order chi connectivity index (χ1) is 11.7. The Morgan fingerprint density at radius 1 is 1.12 bits per heavy atom. The van der Waals surface area contributed by atoms with Gasteiger partial charge in [-0.3, -0.25) is 5.41 Å². The normalized spacial score (nSPS) is 35.2. The van der Waals surface area contributed by atoms with Crippen molar-refractivity contribution in [2.24, 2.45) is 16.7 Å². The van der Waals surface area contributed by atoms with Crippen molar-refractivity contribution < 1.29 is 9.47 Å². The van der Waals surface area contributed by atoms with Crippen molar-refractivity contribution in [2.45, 2.75) is 39.6 Å². The van der Waals surface area contributed by atoms with E-state index in [1.54, 1.807) is 13.8 Å². The van der Waals surface area contributed by atoms with E-state index in [9.17, 15) is 15.8 Å². The molecule has 1 aromatic rings. The van der Waals surface area contributed by atoms with Gasteiger partial charge in [-0.15, -0.1) is 0 Å². The second kappa shape index (κ2) is 5.06. The van der Waals surface area contributed by atoms with Crippen molar-refractivity contribution in [1.82, 2.24) is 0 Å². The highest BCUT2D eigenvalue weighted by atomic mass is 16.7. The molecule has 0 saturated carbocycles. The number of ether oxygens (including phenoxy) is 2. The third-order valence-corrected chi connectivity index (χ3v) is 5.70. The van der Waals surface area contributed by atoms with Crippen LogP contribution >= 0.6 is 0 Å². The number of hydrogen-bond acceptors (Lipinski definition) is 6. The van der Waals surface area contributed by atoms with Gasteiger partial charge in [0, 0.05) is 6.92 Å². The lowest BCUT2D eigenvalue weighted by atomic mass is 9.54. The second-order valence-corrected chi connectivity index (χ2v) is 6.98. The van der Waals surface area contributed by atoms with Crippen LogP contribution in [0, 0.1) is 70.0 Å². The number of hydrogen-bond donors (Lipinski definition) is 1. The Bertz CT molecular complexity index is 889. The van der Waals surface area contributed by atoms with E-state index in [4.69, 9.17) is 14.9 Å². The van der Waals surface area contributed by atoms with E-state index in [1.165, 1.54) is 0 Å². The summed E-state index contributed by atoms with van der Waals surface area (Å²) in [5.74, 6) is -2.26. The van der Waals surface area contributed by atoms with Gasteiger partial charge >= 0.3 is 0 Å². The first-order valence-electron chi connectivity index (χ1n) is 7.99. The predicted molar refractivity (Wildman–Crippen MR) is 87.8 cm³/mol. The zero-order valence-corrected chi connectivity index (χ0v) is 14.5. The van der Waals surface area contributed by atoms with Gasteiger partial charge in [-0.1, -0.05) is 30.7 Å². The molecule has 0 radical (unpaired) electrons. The summed E-state index contributed by atoms with van der Waals surface area (Å²) in [5.41, 5.74) is -1.01. The molecule has 6 heteroatoms.